The van der Waals surface area contributed by atoms with Crippen LogP contribution in [0.3, 0.4) is 0 Å². The van der Waals surface area contributed by atoms with Crippen LogP contribution in [0.4, 0.5) is 0 Å². The molecule has 4 nitrogen and oxygen atoms in total. The minimum Gasteiger partial charge on any atom is -0.384 e. The minimum atomic E-state index is -3.00. The molecule has 0 heterocycles. The summed E-state index contributed by atoms with van der Waals surface area (Å²) < 4.78 is 27.7. The standard InChI is InChI=1S/C11H20O4S/c1-15-7-6-11(12)9-4-3-5-10(8-9)16(2,13)14/h9-10H,3-8H2,1-2H3. The molecule has 0 spiro atoms. The second-order valence-corrected chi connectivity index (χ2v) is 6.85. The molecule has 0 aromatic rings. The third-order valence-electron chi connectivity index (χ3n) is 3.24. The lowest BCUT2D eigenvalue weighted by Crippen LogP contribution is -2.31. The Morgan fingerprint density at radius 3 is 2.62 bits per heavy atom. The Kier molecular flexibility index (Phi) is 4.92. The van der Waals surface area contributed by atoms with Gasteiger partial charge in [-0.3, -0.25) is 4.79 Å². The molecule has 0 aromatic carbocycles. The van der Waals surface area contributed by atoms with Gasteiger partial charge in [-0.2, -0.15) is 0 Å². The van der Waals surface area contributed by atoms with Gasteiger partial charge in [0.05, 0.1) is 11.9 Å². The highest BCUT2D eigenvalue weighted by Gasteiger charge is 2.31. The fourth-order valence-electron chi connectivity index (χ4n) is 2.23. The van der Waals surface area contributed by atoms with Gasteiger partial charge in [0.1, 0.15) is 15.6 Å². The quantitative estimate of drug-likeness (QED) is 0.733. The summed E-state index contributed by atoms with van der Waals surface area (Å²) in [6, 6.07) is 0. The molecule has 1 saturated carbocycles. The van der Waals surface area contributed by atoms with Crippen molar-refractivity contribution in [2.45, 2.75) is 37.4 Å². The van der Waals surface area contributed by atoms with E-state index in [9.17, 15) is 13.2 Å². The van der Waals surface area contributed by atoms with E-state index < -0.39 is 9.84 Å². The molecular formula is C11H20O4S. The largest absolute Gasteiger partial charge is 0.384 e. The van der Waals surface area contributed by atoms with Crippen LogP contribution in [-0.4, -0.2) is 39.4 Å². The first-order valence-electron chi connectivity index (χ1n) is 5.65. The third-order valence-corrected chi connectivity index (χ3v) is 4.88. The Morgan fingerprint density at radius 1 is 1.38 bits per heavy atom. The summed E-state index contributed by atoms with van der Waals surface area (Å²) in [5.41, 5.74) is 0. The number of carbonyl (C=O) groups excluding carboxylic acids is 1. The Morgan fingerprint density at radius 2 is 2.06 bits per heavy atom. The van der Waals surface area contributed by atoms with Crippen molar-refractivity contribution in [1.82, 2.24) is 0 Å². The van der Waals surface area contributed by atoms with Gasteiger partial charge >= 0.3 is 0 Å². The fraction of sp³-hybridized carbons (Fsp3) is 0.909. The molecule has 0 N–H and O–H groups in total. The zero-order valence-electron chi connectivity index (χ0n) is 9.94. The van der Waals surface area contributed by atoms with E-state index in [1.54, 1.807) is 7.11 Å². The van der Waals surface area contributed by atoms with E-state index in [1.807, 2.05) is 0 Å². The van der Waals surface area contributed by atoms with Crippen molar-refractivity contribution in [2.75, 3.05) is 20.0 Å². The van der Waals surface area contributed by atoms with Crippen LogP contribution in [-0.2, 0) is 19.4 Å². The molecule has 0 aromatic heterocycles. The number of Topliss-reactive ketones (excluding diaryl/α,β-unsaturated/α-hetero) is 1. The average Bonchev–Trinajstić information content (AvgIpc) is 2.25. The van der Waals surface area contributed by atoms with E-state index in [0.717, 1.165) is 12.8 Å². The molecule has 0 aliphatic heterocycles. The smallest absolute Gasteiger partial charge is 0.150 e. The number of hydrogen-bond donors (Lipinski definition) is 0. The third kappa shape index (κ3) is 3.87. The molecule has 94 valence electrons. The van der Waals surface area contributed by atoms with Gasteiger partial charge in [-0.25, -0.2) is 8.42 Å². The molecule has 1 fully saturated rings. The van der Waals surface area contributed by atoms with Crippen molar-refractivity contribution in [3.8, 4) is 0 Å². The summed E-state index contributed by atoms with van der Waals surface area (Å²) in [5.74, 6) is 0.0684. The highest BCUT2D eigenvalue weighted by atomic mass is 32.2. The first-order chi connectivity index (χ1) is 7.45. The van der Waals surface area contributed by atoms with Crippen LogP contribution in [0.1, 0.15) is 32.1 Å². The van der Waals surface area contributed by atoms with Gasteiger partial charge in [0.2, 0.25) is 0 Å². The molecule has 2 atom stereocenters. The number of carbonyl (C=O) groups is 1. The molecular weight excluding hydrogens is 228 g/mol. The van der Waals surface area contributed by atoms with E-state index in [2.05, 4.69) is 0 Å². The molecule has 0 radical (unpaired) electrons. The predicted molar refractivity (Wildman–Crippen MR) is 62.1 cm³/mol. The molecule has 1 aliphatic carbocycles. The Labute approximate surface area is 97.3 Å². The van der Waals surface area contributed by atoms with Crippen molar-refractivity contribution < 1.29 is 17.9 Å². The van der Waals surface area contributed by atoms with Gasteiger partial charge in [-0.15, -0.1) is 0 Å². The fourth-order valence-corrected chi connectivity index (χ4v) is 3.41. The van der Waals surface area contributed by atoms with Gasteiger partial charge in [0, 0.05) is 25.7 Å². The van der Waals surface area contributed by atoms with Crippen LogP contribution in [0.15, 0.2) is 0 Å². The molecule has 2 unspecified atom stereocenters. The molecule has 0 bridgehead atoms. The summed E-state index contributed by atoms with van der Waals surface area (Å²) in [4.78, 5) is 11.8. The van der Waals surface area contributed by atoms with Gasteiger partial charge in [0.25, 0.3) is 0 Å². The van der Waals surface area contributed by atoms with Crippen molar-refractivity contribution >= 4 is 15.6 Å². The maximum Gasteiger partial charge on any atom is 0.150 e. The molecule has 1 rings (SSSR count). The number of sulfone groups is 1. The molecule has 16 heavy (non-hydrogen) atoms. The highest BCUT2D eigenvalue weighted by molar-refractivity contribution is 7.91. The van der Waals surface area contributed by atoms with Gasteiger partial charge in [-0.1, -0.05) is 6.42 Å². The zero-order chi connectivity index (χ0) is 12.2. The van der Waals surface area contributed by atoms with Crippen molar-refractivity contribution in [1.29, 1.82) is 0 Å². The Bertz CT molecular complexity index is 334. The molecule has 0 saturated heterocycles. The summed E-state index contributed by atoms with van der Waals surface area (Å²) >= 11 is 0. The summed E-state index contributed by atoms with van der Waals surface area (Å²) in [5, 5.41) is -0.322. The first-order valence-corrected chi connectivity index (χ1v) is 7.61. The van der Waals surface area contributed by atoms with E-state index in [4.69, 9.17) is 4.74 Å². The van der Waals surface area contributed by atoms with Crippen LogP contribution < -0.4 is 0 Å². The predicted octanol–water partition coefficient (Wildman–Crippen LogP) is 1.20. The molecule has 1 aliphatic rings. The number of rotatable bonds is 5. The molecule has 0 amide bonds. The Hall–Kier alpha value is -0.420. The second kappa shape index (κ2) is 5.77. The maximum atomic E-state index is 11.8. The number of ether oxygens (including phenoxy) is 1. The van der Waals surface area contributed by atoms with Gasteiger partial charge in [0.15, 0.2) is 0 Å². The number of hydrogen-bond acceptors (Lipinski definition) is 4. The highest BCUT2D eigenvalue weighted by Crippen LogP contribution is 2.29. The van der Waals surface area contributed by atoms with E-state index in [-0.39, 0.29) is 17.0 Å². The second-order valence-electron chi connectivity index (χ2n) is 4.52. The lowest BCUT2D eigenvalue weighted by molar-refractivity contribution is -0.124. The van der Waals surface area contributed by atoms with E-state index in [0.29, 0.717) is 25.9 Å². The van der Waals surface area contributed by atoms with Crippen LogP contribution in [0, 0.1) is 5.92 Å². The molecule has 5 heteroatoms. The van der Waals surface area contributed by atoms with Crippen LogP contribution in [0.25, 0.3) is 0 Å². The SMILES string of the molecule is COCCC(=O)C1CCCC(S(C)(=O)=O)C1. The van der Waals surface area contributed by atoms with Crippen molar-refractivity contribution in [3.05, 3.63) is 0 Å². The average molecular weight is 248 g/mol. The number of ketones is 1. The summed E-state index contributed by atoms with van der Waals surface area (Å²) in [6.45, 7) is 0.429. The van der Waals surface area contributed by atoms with Crippen molar-refractivity contribution in [2.24, 2.45) is 5.92 Å². The summed E-state index contributed by atoms with van der Waals surface area (Å²) in [7, 11) is -1.43. The van der Waals surface area contributed by atoms with Crippen LogP contribution >= 0.6 is 0 Å². The van der Waals surface area contributed by atoms with Crippen molar-refractivity contribution in [3.63, 3.8) is 0 Å². The lowest BCUT2D eigenvalue weighted by atomic mass is 9.85. The monoisotopic (exact) mass is 248 g/mol. The van der Waals surface area contributed by atoms with Crippen LogP contribution in [0.5, 0.6) is 0 Å². The zero-order valence-corrected chi connectivity index (χ0v) is 10.8. The van der Waals surface area contributed by atoms with E-state index in [1.165, 1.54) is 6.26 Å². The normalized spacial score (nSPS) is 26.6. The minimum absolute atomic E-state index is 0.0800. The van der Waals surface area contributed by atoms with Gasteiger partial charge in [-0.05, 0) is 19.3 Å². The maximum absolute atomic E-state index is 11.8. The Balaban J connectivity index is 2.54. The van der Waals surface area contributed by atoms with Crippen LogP contribution in [0.2, 0.25) is 0 Å². The van der Waals surface area contributed by atoms with E-state index >= 15 is 0 Å². The lowest BCUT2D eigenvalue weighted by Gasteiger charge is -2.26. The number of methoxy groups -OCH3 is 1. The first kappa shape index (κ1) is 13.6. The van der Waals surface area contributed by atoms with Gasteiger partial charge < -0.3 is 4.74 Å². The summed E-state index contributed by atoms with van der Waals surface area (Å²) in [6.07, 6.45) is 4.53. The topological polar surface area (TPSA) is 60.4 Å².